The predicted molar refractivity (Wildman–Crippen MR) is 335 cm³/mol. The summed E-state index contributed by atoms with van der Waals surface area (Å²) >= 11 is 0. The maximum atomic E-state index is 12.9. The molecule has 1 atom stereocenters. The lowest BCUT2D eigenvalue weighted by Gasteiger charge is -2.18. The van der Waals surface area contributed by atoms with Crippen LogP contribution in [0.2, 0.25) is 0 Å². The van der Waals surface area contributed by atoms with Gasteiger partial charge in [0.25, 0.3) is 0 Å². The Bertz CT molecular complexity index is 1330. The predicted octanol–water partition coefficient (Wildman–Crippen LogP) is 23.3. The van der Waals surface area contributed by atoms with E-state index in [0.29, 0.717) is 19.3 Å². The van der Waals surface area contributed by atoms with Crippen LogP contribution >= 0.6 is 0 Å². The number of carbonyl (C=O) groups is 3. The molecule has 0 radical (unpaired) electrons. The number of esters is 3. The Morgan fingerprint density at radius 1 is 0.273 bits per heavy atom. The number of hydrogen-bond donors (Lipinski definition) is 0. The molecular formula is C71H130O6. The van der Waals surface area contributed by atoms with Gasteiger partial charge < -0.3 is 14.2 Å². The van der Waals surface area contributed by atoms with E-state index >= 15 is 0 Å². The van der Waals surface area contributed by atoms with E-state index in [2.05, 4.69) is 69.4 Å². The minimum Gasteiger partial charge on any atom is -0.462 e. The molecule has 0 aliphatic carbocycles. The first-order valence-corrected chi connectivity index (χ1v) is 34.1. The lowest BCUT2D eigenvalue weighted by atomic mass is 10.0. The van der Waals surface area contributed by atoms with Crippen LogP contribution < -0.4 is 0 Å². The molecule has 77 heavy (non-hydrogen) atoms. The molecule has 0 spiro atoms. The highest BCUT2D eigenvalue weighted by molar-refractivity contribution is 5.71. The molecule has 0 heterocycles. The van der Waals surface area contributed by atoms with Gasteiger partial charge in [0.05, 0.1) is 0 Å². The van der Waals surface area contributed by atoms with Crippen molar-refractivity contribution in [2.75, 3.05) is 13.2 Å². The van der Waals surface area contributed by atoms with Gasteiger partial charge in [-0.1, -0.05) is 339 Å². The molecule has 6 heteroatoms. The number of rotatable bonds is 63. The molecular weight excluding hydrogens is 949 g/mol. The maximum absolute atomic E-state index is 12.9. The van der Waals surface area contributed by atoms with E-state index in [-0.39, 0.29) is 31.1 Å². The van der Waals surface area contributed by atoms with Crippen molar-refractivity contribution in [3.63, 3.8) is 0 Å². The summed E-state index contributed by atoms with van der Waals surface area (Å²) < 4.78 is 16.9. The average Bonchev–Trinajstić information content (AvgIpc) is 3.43. The Hall–Kier alpha value is -2.63. The summed E-state index contributed by atoms with van der Waals surface area (Å²) in [6.45, 7) is 6.58. The molecule has 0 aliphatic heterocycles. The van der Waals surface area contributed by atoms with E-state index in [0.717, 1.165) is 83.5 Å². The first-order valence-electron chi connectivity index (χ1n) is 34.1. The Kier molecular flexibility index (Phi) is 63.6. The summed E-state index contributed by atoms with van der Waals surface area (Å²) in [6.07, 6.45) is 82.9. The van der Waals surface area contributed by atoms with Gasteiger partial charge in [-0.2, -0.15) is 0 Å². The van der Waals surface area contributed by atoms with Gasteiger partial charge >= 0.3 is 17.9 Å². The SMILES string of the molecule is CC/C=C\C/C=C\C/C=C\C/C=C\CCCCCCCCCCCCCCCCCCCCCCC(=O)OCC(COC(=O)CCCCCCCCCCCCCCC)OC(=O)CCCCCCCCCCCCCCC. The van der Waals surface area contributed by atoms with Crippen LogP contribution in [-0.4, -0.2) is 37.2 Å². The van der Waals surface area contributed by atoms with Crippen LogP contribution in [0.25, 0.3) is 0 Å². The summed E-state index contributed by atoms with van der Waals surface area (Å²) in [6, 6.07) is 0. The van der Waals surface area contributed by atoms with Crippen LogP contribution in [-0.2, 0) is 28.6 Å². The average molecular weight is 1080 g/mol. The highest BCUT2D eigenvalue weighted by Crippen LogP contribution is 2.18. The maximum Gasteiger partial charge on any atom is 0.306 e. The van der Waals surface area contributed by atoms with Crippen LogP contribution in [0.15, 0.2) is 48.6 Å². The molecule has 450 valence electrons. The van der Waals surface area contributed by atoms with Gasteiger partial charge in [0, 0.05) is 19.3 Å². The first kappa shape index (κ1) is 74.4. The second kappa shape index (κ2) is 65.9. The van der Waals surface area contributed by atoms with E-state index in [1.54, 1.807) is 0 Å². The van der Waals surface area contributed by atoms with Crippen LogP contribution in [0.3, 0.4) is 0 Å². The van der Waals surface area contributed by atoms with E-state index in [1.807, 2.05) is 0 Å². The quantitative estimate of drug-likeness (QED) is 0.0261. The highest BCUT2D eigenvalue weighted by atomic mass is 16.6. The van der Waals surface area contributed by atoms with Gasteiger partial charge in [-0.25, -0.2) is 0 Å². The van der Waals surface area contributed by atoms with Gasteiger partial charge in [-0.05, 0) is 57.8 Å². The highest BCUT2D eigenvalue weighted by Gasteiger charge is 2.19. The molecule has 0 N–H and O–H groups in total. The van der Waals surface area contributed by atoms with Crippen molar-refractivity contribution < 1.29 is 28.6 Å². The third-order valence-corrected chi connectivity index (χ3v) is 15.3. The van der Waals surface area contributed by atoms with Crippen LogP contribution in [0.5, 0.6) is 0 Å². The second-order valence-electron chi connectivity index (χ2n) is 23.1. The Balaban J connectivity index is 4.06. The molecule has 0 aromatic rings. The van der Waals surface area contributed by atoms with E-state index in [1.165, 1.54) is 244 Å². The van der Waals surface area contributed by atoms with Crippen molar-refractivity contribution in [1.29, 1.82) is 0 Å². The lowest BCUT2D eigenvalue weighted by molar-refractivity contribution is -0.167. The Labute approximate surface area is 479 Å². The second-order valence-corrected chi connectivity index (χ2v) is 23.1. The lowest BCUT2D eigenvalue weighted by Crippen LogP contribution is -2.30. The first-order chi connectivity index (χ1) is 38.0. The number of unbranched alkanes of at least 4 members (excludes halogenated alkanes) is 44. The van der Waals surface area contributed by atoms with Crippen molar-refractivity contribution in [2.45, 2.75) is 374 Å². The molecule has 0 aromatic carbocycles. The number of allylic oxidation sites excluding steroid dienone is 8. The van der Waals surface area contributed by atoms with E-state index in [4.69, 9.17) is 14.2 Å². The zero-order chi connectivity index (χ0) is 55.7. The third-order valence-electron chi connectivity index (χ3n) is 15.3. The molecule has 0 saturated carbocycles. The van der Waals surface area contributed by atoms with Crippen molar-refractivity contribution in [2.24, 2.45) is 0 Å². The molecule has 0 bridgehead atoms. The van der Waals surface area contributed by atoms with Gasteiger partial charge in [-0.15, -0.1) is 0 Å². The van der Waals surface area contributed by atoms with Gasteiger partial charge in [-0.3, -0.25) is 14.4 Å². The number of ether oxygens (including phenoxy) is 3. The van der Waals surface area contributed by atoms with Gasteiger partial charge in [0.2, 0.25) is 0 Å². The van der Waals surface area contributed by atoms with E-state index < -0.39 is 6.10 Å². The summed E-state index contributed by atoms with van der Waals surface area (Å²) in [7, 11) is 0. The summed E-state index contributed by atoms with van der Waals surface area (Å²) in [5.41, 5.74) is 0. The molecule has 0 aromatic heterocycles. The minimum atomic E-state index is -0.766. The third kappa shape index (κ3) is 64.1. The zero-order valence-electron chi connectivity index (χ0n) is 51.7. The van der Waals surface area contributed by atoms with Gasteiger partial charge in [0.15, 0.2) is 6.10 Å². The van der Waals surface area contributed by atoms with Crippen LogP contribution in [0.4, 0.5) is 0 Å². The summed E-state index contributed by atoms with van der Waals surface area (Å²) in [5, 5.41) is 0. The largest absolute Gasteiger partial charge is 0.462 e. The summed E-state index contributed by atoms with van der Waals surface area (Å²) in [4.78, 5) is 38.3. The van der Waals surface area contributed by atoms with Crippen molar-refractivity contribution in [1.82, 2.24) is 0 Å². The van der Waals surface area contributed by atoms with Gasteiger partial charge in [0.1, 0.15) is 13.2 Å². The molecule has 0 aliphatic rings. The van der Waals surface area contributed by atoms with Crippen LogP contribution in [0, 0.1) is 0 Å². The monoisotopic (exact) mass is 1080 g/mol. The molecule has 0 fully saturated rings. The van der Waals surface area contributed by atoms with Crippen molar-refractivity contribution in [3.8, 4) is 0 Å². The Morgan fingerprint density at radius 3 is 0.792 bits per heavy atom. The van der Waals surface area contributed by atoms with Crippen molar-refractivity contribution in [3.05, 3.63) is 48.6 Å². The minimum absolute atomic E-state index is 0.0647. The summed E-state index contributed by atoms with van der Waals surface area (Å²) in [5.74, 6) is -0.838. The zero-order valence-corrected chi connectivity index (χ0v) is 51.7. The topological polar surface area (TPSA) is 78.9 Å². The standard InChI is InChI=1S/C71H130O6/c1-4-7-10-13-16-19-22-25-26-27-28-29-30-31-32-33-34-35-36-37-38-39-40-41-42-43-44-47-49-52-55-58-61-64-70(73)76-67-68(77-71(74)65-62-59-56-53-50-46-24-21-18-15-12-9-6-3)66-75-69(72)63-60-57-54-51-48-45-23-20-17-14-11-8-5-2/h7,10,16,19,25-26,28-29,68H,4-6,8-9,11-15,17-18,20-24,27,30-67H2,1-3H3/b10-7-,19-16-,26-25-,29-28-. The fourth-order valence-corrected chi connectivity index (χ4v) is 10.3. The van der Waals surface area contributed by atoms with Crippen molar-refractivity contribution >= 4 is 17.9 Å². The van der Waals surface area contributed by atoms with Crippen LogP contribution in [0.1, 0.15) is 367 Å². The molecule has 0 saturated heterocycles. The smallest absolute Gasteiger partial charge is 0.306 e. The molecule has 1 unspecified atom stereocenters. The van der Waals surface area contributed by atoms with E-state index in [9.17, 15) is 14.4 Å². The fraction of sp³-hybridized carbons (Fsp3) is 0.845. The normalized spacial score (nSPS) is 12.3. The Morgan fingerprint density at radius 2 is 0.506 bits per heavy atom. The fourth-order valence-electron chi connectivity index (χ4n) is 10.3. The number of carbonyl (C=O) groups excluding carboxylic acids is 3. The molecule has 0 amide bonds. The molecule has 6 nitrogen and oxygen atoms in total. The molecule has 0 rings (SSSR count). The number of hydrogen-bond acceptors (Lipinski definition) is 6.